The van der Waals surface area contributed by atoms with Gasteiger partial charge in [-0.05, 0) is 19.9 Å². The van der Waals surface area contributed by atoms with E-state index in [0.717, 1.165) is 32.0 Å². The Morgan fingerprint density at radius 3 is 2.79 bits per heavy atom. The Balaban J connectivity index is 2.13. The maximum absolute atomic E-state index is 13.3. The fourth-order valence-corrected chi connectivity index (χ4v) is 2.08. The molecule has 3 nitrogen and oxygen atoms in total. The number of aromatic nitrogens is 2. The van der Waals surface area contributed by atoms with Crippen LogP contribution < -0.4 is 5.32 Å². The molecule has 104 valence electrons. The molecular weight excluding hydrogens is 248 g/mol. The Bertz CT molecular complexity index is 551. The van der Waals surface area contributed by atoms with Crippen LogP contribution in [0, 0.1) is 11.6 Å². The van der Waals surface area contributed by atoms with E-state index in [4.69, 9.17) is 0 Å². The molecule has 0 aliphatic heterocycles. The van der Waals surface area contributed by atoms with Gasteiger partial charge in [0.1, 0.15) is 0 Å². The van der Waals surface area contributed by atoms with Crippen molar-refractivity contribution in [1.29, 1.82) is 0 Å². The minimum atomic E-state index is -0.855. The van der Waals surface area contributed by atoms with Crippen LogP contribution in [0.3, 0.4) is 0 Å². The molecule has 0 saturated carbocycles. The molecule has 1 unspecified atom stereocenters. The van der Waals surface area contributed by atoms with E-state index in [1.54, 1.807) is 6.33 Å². The second-order valence-electron chi connectivity index (χ2n) is 4.81. The number of rotatable bonds is 6. The third-order valence-corrected chi connectivity index (χ3v) is 3.24. The van der Waals surface area contributed by atoms with Crippen LogP contribution in [0.4, 0.5) is 8.78 Å². The second-order valence-corrected chi connectivity index (χ2v) is 4.81. The van der Waals surface area contributed by atoms with E-state index in [1.165, 1.54) is 6.07 Å². The van der Waals surface area contributed by atoms with Gasteiger partial charge in [-0.1, -0.05) is 13.3 Å². The largest absolute Gasteiger partial charge is 0.326 e. The third-order valence-electron chi connectivity index (χ3n) is 3.24. The predicted octanol–water partition coefficient (Wildman–Crippen LogP) is 3.27. The number of unbranched alkanes of at least 4 members (excludes halogenated alkanes) is 1. The van der Waals surface area contributed by atoms with E-state index in [2.05, 4.69) is 17.2 Å². The van der Waals surface area contributed by atoms with Gasteiger partial charge in [-0.25, -0.2) is 13.8 Å². The van der Waals surface area contributed by atoms with Crippen LogP contribution >= 0.6 is 0 Å². The van der Waals surface area contributed by atoms with Crippen LogP contribution in [-0.2, 0) is 0 Å². The highest BCUT2D eigenvalue weighted by molar-refractivity contribution is 5.75. The van der Waals surface area contributed by atoms with E-state index in [9.17, 15) is 8.78 Å². The van der Waals surface area contributed by atoms with Crippen LogP contribution in [0.15, 0.2) is 18.5 Å². The molecule has 0 aliphatic carbocycles. The van der Waals surface area contributed by atoms with Crippen molar-refractivity contribution in [2.75, 3.05) is 13.1 Å². The van der Waals surface area contributed by atoms with Crippen molar-refractivity contribution < 1.29 is 8.78 Å². The first-order valence-electron chi connectivity index (χ1n) is 6.65. The summed E-state index contributed by atoms with van der Waals surface area (Å²) >= 11 is 0. The summed E-state index contributed by atoms with van der Waals surface area (Å²) in [6.07, 6.45) is 3.92. The Morgan fingerprint density at radius 1 is 1.32 bits per heavy atom. The fourth-order valence-electron chi connectivity index (χ4n) is 2.08. The van der Waals surface area contributed by atoms with E-state index in [1.807, 2.05) is 11.5 Å². The van der Waals surface area contributed by atoms with Gasteiger partial charge in [0.05, 0.1) is 17.4 Å². The Labute approximate surface area is 111 Å². The van der Waals surface area contributed by atoms with Crippen molar-refractivity contribution in [2.24, 2.45) is 0 Å². The molecule has 0 bridgehead atoms. The molecule has 0 amide bonds. The molecule has 19 heavy (non-hydrogen) atoms. The highest BCUT2D eigenvalue weighted by atomic mass is 19.2. The lowest BCUT2D eigenvalue weighted by atomic mass is 10.2. The van der Waals surface area contributed by atoms with Crippen molar-refractivity contribution in [3.63, 3.8) is 0 Å². The predicted molar refractivity (Wildman–Crippen MR) is 72.1 cm³/mol. The van der Waals surface area contributed by atoms with E-state index in [-0.39, 0.29) is 6.04 Å². The average molecular weight is 267 g/mol. The summed E-state index contributed by atoms with van der Waals surface area (Å²) < 4.78 is 28.3. The van der Waals surface area contributed by atoms with Gasteiger partial charge in [0.2, 0.25) is 0 Å². The normalized spacial score (nSPS) is 13.1. The standard InChI is InChI=1S/C14H19F2N3/c1-3-4-5-17-8-10(2)19-9-18-13-6-11(15)12(16)7-14(13)19/h6-7,9-10,17H,3-5,8H2,1-2H3. The molecule has 1 aromatic heterocycles. The van der Waals surface area contributed by atoms with E-state index >= 15 is 0 Å². The average Bonchev–Trinajstić information content (AvgIpc) is 2.78. The molecule has 2 rings (SSSR count). The van der Waals surface area contributed by atoms with Gasteiger partial charge < -0.3 is 9.88 Å². The minimum absolute atomic E-state index is 0.145. The van der Waals surface area contributed by atoms with Crippen molar-refractivity contribution in [1.82, 2.24) is 14.9 Å². The molecule has 1 aromatic carbocycles. The first-order chi connectivity index (χ1) is 9.13. The molecule has 0 aliphatic rings. The lowest BCUT2D eigenvalue weighted by molar-refractivity contribution is 0.493. The maximum atomic E-state index is 13.3. The van der Waals surface area contributed by atoms with Gasteiger partial charge >= 0.3 is 0 Å². The van der Waals surface area contributed by atoms with Crippen LogP contribution in [0.2, 0.25) is 0 Å². The summed E-state index contributed by atoms with van der Waals surface area (Å²) in [5, 5.41) is 3.35. The van der Waals surface area contributed by atoms with Crippen LogP contribution in [0.1, 0.15) is 32.7 Å². The smallest absolute Gasteiger partial charge is 0.161 e. The quantitative estimate of drug-likeness (QED) is 0.814. The summed E-state index contributed by atoms with van der Waals surface area (Å²) in [6, 6.07) is 2.49. The van der Waals surface area contributed by atoms with E-state index < -0.39 is 11.6 Å². The first kappa shape index (κ1) is 13.9. The van der Waals surface area contributed by atoms with Crippen molar-refractivity contribution >= 4 is 11.0 Å². The third kappa shape index (κ3) is 3.10. The van der Waals surface area contributed by atoms with Gasteiger partial charge in [-0.2, -0.15) is 0 Å². The van der Waals surface area contributed by atoms with E-state index in [0.29, 0.717) is 11.0 Å². The summed E-state index contributed by atoms with van der Waals surface area (Å²) in [5.41, 5.74) is 1.11. The number of nitrogens with zero attached hydrogens (tertiary/aromatic N) is 2. The summed E-state index contributed by atoms with van der Waals surface area (Å²) in [7, 11) is 0. The maximum Gasteiger partial charge on any atom is 0.161 e. The summed E-state index contributed by atoms with van der Waals surface area (Å²) in [5.74, 6) is -1.69. The lowest BCUT2D eigenvalue weighted by Gasteiger charge is -2.15. The monoisotopic (exact) mass is 267 g/mol. The van der Waals surface area contributed by atoms with Crippen LogP contribution in [-0.4, -0.2) is 22.6 Å². The number of fused-ring (bicyclic) bond motifs is 1. The molecule has 0 radical (unpaired) electrons. The second kappa shape index (κ2) is 6.10. The molecule has 1 heterocycles. The van der Waals surface area contributed by atoms with Gasteiger partial charge in [0, 0.05) is 24.7 Å². The number of benzene rings is 1. The minimum Gasteiger partial charge on any atom is -0.326 e. The van der Waals surface area contributed by atoms with Crippen molar-refractivity contribution in [3.8, 4) is 0 Å². The number of hydrogen-bond donors (Lipinski definition) is 1. The topological polar surface area (TPSA) is 29.9 Å². The molecular formula is C14H19F2N3. The summed E-state index contributed by atoms with van der Waals surface area (Å²) in [6.45, 7) is 5.92. The Hall–Kier alpha value is -1.49. The number of halogens is 2. The number of hydrogen-bond acceptors (Lipinski definition) is 2. The molecule has 0 saturated heterocycles. The first-order valence-corrected chi connectivity index (χ1v) is 6.65. The Morgan fingerprint density at radius 2 is 2.05 bits per heavy atom. The molecule has 5 heteroatoms. The molecule has 0 fully saturated rings. The fraction of sp³-hybridized carbons (Fsp3) is 0.500. The summed E-state index contributed by atoms with van der Waals surface area (Å²) in [4.78, 5) is 4.11. The number of nitrogens with one attached hydrogen (secondary N) is 1. The Kier molecular flexibility index (Phi) is 4.47. The van der Waals surface area contributed by atoms with Gasteiger partial charge in [-0.15, -0.1) is 0 Å². The van der Waals surface area contributed by atoms with Crippen molar-refractivity contribution in [2.45, 2.75) is 32.7 Å². The van der Waals surface area contributed by atoms with Gasteiger partial charge in [0.25, 0.3) is 0 Å². The zero-order valence-corrected chi connectivity index (χ0v) is 11.3. The molecule has 2 aromatic rings. The van der Waals surface area contributed by atoms with Crippen LogP contribution in [0.5, 0.6) is 0 Å². The zero-order valence-electron chi connectivity index (χ0n) is 11.3. The zero-order chi connectivity index (χ0) is 13.8. The SMILES string of the molecule is CCCCNCC(C)n1cnc2cc(F)c(F)cc21. The van der Waals surface area contributed by atoms with Crippen LogP contribution in [0.25, 0.3) is 11.0 Å². The molecule has 0 spiro atoms. The van der Waals surface area contributed by atoms with Gasteiger partial charge in [-0.3, -0.25) is 0 Å². The van der Waals surface area contributed by atoms with Crippen molar-refractivity contribution in [3.05, 3.63) is 30.1 Å². The highest BCUT2D eigenvalue weighted by Crippen LogP contribution is 2.20. The highest BCUT2D eigenvalue weighted by Gasteiger charge is 2.12. The lowest BCUT2D eigenvalue weighted by Crippen LogP contribution is -2.24. The number of imidazole rings is 1. The molecule has 1 atom stereocenters. The van der Waals surface area contributed by atoms with Gasteiger partial charge in [0.15, 0.2) is 11.6 Å². The molecule has 1 N–H and O–H groups in total.